The zero-order valence-corrected chi connectivity index (χ0v) is 8.92. The molecular formula is C11H22N2. The molecule has 1 rings (SSSR count). The molecule has 0 bridgehead atoms. The fraction of sp³-hybridized carbons (Fsp3) is 0.818. The van der Waals surface area contributed by atoms with Crippen LogP contribution in [0.25, 0.3) is 0 Å². The van der Waals surface area contributed by atoms with Crippen molar-refractivity contribution >= 4 is 0 Å². The highest BCUT2D eigenvalue weighted by atomic mass is 15.1. The van der Waals surface area contributed by atoms with Crippen molar-refractivity contribution in [1.82, 2.24) is 10.2 Å². The first-order valence-electron chi connectivity index (χ1n) is 5.33. The molecule has 1 aliphatic rings. The van der Waals surface area contributed by atoms with Crippen LogP contribution >= 0.6 is 0 Å². The molecule has 0 aromatic carbocycles. The second-order valence-electron chi connectivity index (χ2n) is 4.00. The van der Waals surface area contributed by atoms with E-state index in [-0.39, 0.29) is 0 Å². The normalized spacial score (nSPS) is 25.5. The average Bonchev–Trinajstić information content (AvgIpc) is 2.13. The quantitative estimate of drug-likeness (QED) is 0.523. The second kappa shape index (κ2) is 6.17. The van der Waals surface area contributed by atoms with Crippen molar-refractivity contribution in [2.24, 2.45) is 5.92 Å². The molecule has 2 nitrogen and oxygen atoms in total. The maximum absolute atomic E-state index is 3.46. The smallest absolute Gasteiger partial charge is 0.0134 e. The summed E-state index contributed by atoms with van der Waals surface area (Å²) in [6, 6.07) is 0. The van der Waals surface area contributed by atoms with E-state index in [1.807, 2.05) is 0 Å². The van der Waals surface area contributed by atoms with Gasteiger partial charge in [0.25, 0.3) is 0 Å². The highest BCUT2D eigenvalue weighted by Crippen LogP contribution is 2.13. The number of piperidine rings is 1. The van der Waals surface area contributed by atoms with Crippen LogP contribution in [0.3, 0.4) is 0 Å². The molecule has 1 fully saturated rings. The lowest BCUT2D eigenvalue weighted by Gasteiger charge is -2.29. The molecule has 0 aromatic heterocycles. The average molecular weight is 182 g/mol. The molecule has 0 aliphatic carbocycles. The Morgan fingerprint density at radius 3 is 3.08 bits per heavy atom. The molecule has 1 saturated heterocycles. The lowest BCUT2D eigenvalue weighted by atomic mass is 9.98. The number of nitrogens with zero attached hydrogens (tertiary/aromatic N) is 1. The molecule has 0 aromatic rings. The number of allylic oxidation sites excluding steroid dienone is 1. The molecule has 0 radical (unpaired) electrons. The standard InChI is InChI=1S/C11H22N2/c1-3-4-7-12-9-11-6-5-8-13(2)10-11/h3-4,11-12H,5-10H2,1-2H3/b4-3+. The first kappa shape index (κ1) is 10.7. The van der Waals surface area contributed by atoms with Crippen molar-refractivity contribution in [2.45, 2.75) is 19.8 Å². The van der Waals surface area contributed by atoms with E-state index in [2.05, 4.69) is 36.3 Å². The number of hydrogen-bond acceptors (Lipinski definition) is 2. The molecule has 1 aliphatic heterocycles. The van der Waals surface area contributed by atoms with Crippen LogP contribution in [0, 0.1) is 5.92 Å². The van der Waals surface area contributed by atoms with Gasteiger partial charge in [-0.3, -0.25) is 0 Å². The van der Waals surface area contributed by atoms with Crippen LogP contribution in [0.15, 0.2) is 12.2 Å². The van der Waals surface area contributed by atoms with Gasteiger partial charge in [-0.2, -0.15) is 0 Å². The SMILES string of the molecule is C/C=C/CNCC1CCCN(C)C1. The summed E-state index contributed by atoms with van der Waals surface area (Å²) in [5, 5.41) is 3.46. The third kappa shape index (κ3) is 4.44. The fourth-order valence-corrected chi connectivity index (χ4v) is 1.93. The van der Waals surface area contributed by atoms with E-state index in [0.29, 0.717) is 0 Å². The number of hydrogen-bond donors (Lipinski definition) is 1. The van der Waals surface area contributed by atoms with E-state index < -0.39 is 0 Å². The highest BCUT2D eigenvalue weighted by molar-refractivity contribution is 4.80. The van der Waals surface area contributed by atoms with Gasteiger partial charge in [0.05, 0.1) is 0 Å². The highest BCUT2D eigenvalue weighted by Gasteiger charge is 2.15. The van der Waals surface area contributed by atoms with Crippen molar-refractivity contribution in [3.63, 3.8) is 0 Å². The minimum absolute atomic E-state index is 0.865. The van der Waals surface area contributed by atoms with Crippen LogP contribution in [0.2, 0.25) is 0 Å². The molecule has 1 N–H and O–H groups in total. The predicted molar refractivity (Wildman–Crippen MR) is 57.9 cm³/mol. The van der Waals surface area contributed by atoms with Crippen LogP contribution in [-0.2, 0) is 0 Å². The Balaban J connectivity index is 2.06. The van der Waals surface area contributed by atoms with E-state index in [1.165, 1.54) is 32.5 Å². The lowest BCUT2D eigenvalue weighted by molar-refractivity contribution is 0.207. The van der Waals surface area contributed by atoms with Gasteiger partial charge in [-0.25, -0.2) is 0 Å². The van der Waals surface area contributed by atoms with Crippen molar-refractivity contribution in [3.8, 4) is 0 Å². The molecule has 0 saturated carbocycles. The van der Waals surface area contributed by atoms with Crippen molar-refractivity contribution < 1.29 is 0 Å². The van der Waals surface area contributed by atoms with Crippen molar-refractivity contribution in [3.05, 3.63) is 12.2 Å². The molecule has 0 amide bonds. The summed E-state index contributed by atoms with van der Waals surface area (Å²) in [6.07, 6.45) is 7.03. The van der Waals surface area contributed by atoms with E-state index in [4.69, 9.17) is 0 Å². The zero-order valence-electron chi connectivity index (χ0n) is 8.92. The summed E-state index contributed by atoms with van der Waals surface area (Å²) in [4.78, 5) is 2.44. The monoisotopic (exact) mass is 182 g/mol. The molecule has 2 heteroatoms. The summed E-state index contributed by atoms with van der Waals surface area (Å²) in [5.74, 6) is 0.865. The minimum Gasteiger partial charge on any atom is -0.313 e. The summed E-state index contributed by atoms with van der Waals surface area (Å²) in [7, 11) is 2.22. The zero-order chi connectivity index (χ0) is 9.52. The van der Waals surface area contributed by atoms with Gasteiger partial charge in [0, 0.05) is 13.1 Å². The van der Waals surface area contributed by atoms with Crippen LogP contribution in [-0.4, -0.2) is 38.1 Å². The summed E-state index contributed by atoms with van der Waals surface area (Å²) in [5.41, 5.74) is 0. The Morgan fingerprint density at radius 1 is 1.54 bits per heavy atom. The van der Waals surface area contributed by atoms with Gasteiger partial charge in [0.1, 0.15) is 0 Å². The van der Waals surface area contributed by atoms with Crippen LogP contribution < -0.4 is 5.32 Å². The maximum atomic E-state index is 3.46. The van der Waals surface area contributed by atoms with E-state index in [9.17, 15) is 0 Å². The van der Waals surface area contributed by atoms with Gasteiger partial charge in [-0.15, -0.1) is 0 Å². The van der Waals surface area contributed by atoms with Gasteiger partial charge in [0.15, 0.2) is 0 Å². The Labute approximate surface area is 82.0 Å². The molecule has 13 heavy (non-hydrogen) atoms. The Hall–Kier alpha value is -0.340. The molecule has 0 spiro atoms. The summed E-state index contributed by atoms with van der Waals surface area (Å²) < 4.78 is 0. The molecular weight excluding hydrogens is 160 g/mol. The van der Waals surface area contributed by atoms with E-state index >= 15 is 0 Å². The lowest BCUT2D eigenvalue weighted by Crippen LogP contribution is -2.37. The minimum atomic E-state index is 0.865. The van der Waals surface area contributed by atoms with E-state index in [0.717, 1.165) is 12.5 Å². The first-order valence-corrected chi connectivity index (χ1v) is 5.33. The van der Waals surface area contributed by atoms with Crippen LogP contribution in [0.5, 0.6) is 0 Å². The van der Waals surface area contributed by atoms with E-state index in [1.54, 1.807) is 0 Å². The van der Waals surface area contributed by atoms with Crippen LogP contribution in [0.4, 0.5) is 0 Å². The Bertz CT molecular complexity index is 154. The molecule has 1 heterocycles. The van der Waals surface area contributed by atoms with Crippen molar-refractivity contribution in [2.75, 3.05) is 33.2 Å². The number of rotatable bonds is 4. The fourth-order valence-electron chi connectivity index (χ4n) is 1.93. The second-order valence-corrected chi connectivity index (χ2v) is 4.00. The van der Waals surface area contributed by atoms with Crippen molar-refractivity contribution in [1.29, 1.82) is 0 Å². The van der Waals surface area contributed by atoms with Gasteiger partial charge in [-0.05, 0) is 45.8 Å². The predicted octanol–water partition coefficient (Wildman–Crippen LogP) is 1.49. The van der Waals surface area contributed by atoms with Gasteiger partial charge in [0.2, 0.25) is 0 Å². The summed E-state index contributed by atoms with van der Waals surface area (Å²) in [6.45, 7) is 6.82. The first-order chi connectivity index (χ1) is 6.33. The Kier molecular flexibility index (Phi) is 5.09. The Morgan fingerprint density at radius 2 is 2.38 bits per heavy atom. The van der Waals surface area contributed by atoms with Gasteiger partial charge < -0.3 is 10.2 Å². The maximum Gasteiger partial charge on any atom is 0.0134 e. The number of nitrogens with one attached hydrogen (secondary N) is 1. The molecule has 1 atom stereocenters. The third-order valence-corrected chi connectivity index (χ3v) is 2.65. The number of likely N-dealkylation sites (tertiary alicyclic amines) is 1. The summed E-state index contributed by atoms with van der Waals surface area (Å²) >= 11 is 0. The molecule has 76 valence electrons. The van der Waals surface area contributed by atoms with Gasteiger partial charge in [-0.1, -0.05) is 12.2 Å². The van der Waals surface area contributed by atoms with Crippen LogP contribution in [0.1, 0.15) is 19.8 Å². The molecule has 1 unspecified atom stereocenters. The topological polar surface area (TPSA) is 15.3 Å². The largest absolute Gasteiger partial charge is 0.313 e. The van der Waals surface area contributed by atoms with Gasteiger partial charge >= 0.3 is 0 Å². The third-order valence-electron chi connectivity index (χ3n) is 2.65.